The molecule has 110 valence electrons. The van der Waals surface area contributed by atoms with Crippen molar-refractivity contribution in [2.24, 2.45) is 0 Å². The number of benzene rings is 1. The summed E-state index contributed by atoms with van der Waals surface area (Å²) in [4.78, 5) is 14.4. The molecule has 0 atom stereocenters. The van der Waals surface area contributed by atoms with Crippen molar-refractivity contribution in [2.45, 2.75) is 46.7 Å². The molecular weight excluding hydrogens is 250 g/mol. The van der Waals surface area contributed by atoms with E-state index in [4.69, 9.17) is 4.74 Å². The molecule has 0 saturated carbocycles. The zero-order valence-corrected chi connectivity index (χ0v) is 13.3. The molecule has 0 unspecified atom stereocenters. The Morgan fingerprint density at radius 1 is 1.10 bits per heavy atom. The van der Waals surface area contributed by atoms with Gasteiger partial charge in [-0.15, -0.1) is 0 Å². The Kier molecular flexibility index (Phi) is 5.81. The van der Waals surface area contributed by atoms with Crippen LogP contribution in [0.25, 0.3) is 6.08 Å². The van der Waals surface area contributed by atoms with E-state index < -0.39 is 0 Å². The normalized spacial score (nSPS) is 11.9. The average Bonchev–Trinajstić information content (AvgIpc) is 2.38. The van der Waals surface area contributed by atoms with Crippen LogP contribution in [0.1, 0.15) is 40.2 Å². The topological polar surface area (TPSA) is 29.5 Å². The highest BCUT2D eigenvalue weighted by atomic mass is 16.5. The van der Waals surface area contributed by atoms with Crippen LogP contribution in [0.3, 0.4) is 0 Å². The molecule has 0 saturated heterocycles. The molecule has 3 heteroatoms. The lowest BCUT2D eigenvalue weighted by Crippen LogP contribution is -2.42. The van der Waals surface area contributed by atoms with Crippen molar-refractivity contribution < 1.29 is 9.53 Å². The van der Waals surface area contributed by atoms with Crippen LogP contribution in [0.15, 0.2) is 29.8 Å². The summed E-state index contributed by atoms with van der Waals surface area (Å²) in [5.41, 5.74) is 1.75. The molecule has 0 radical (unpaired) electrons. The fraction of sp³-hybridized carbons (Fsp3) is 0.471. The van der Waals surface area contributed by atoms with Gasteiger partial charge in [-0.1, -0.05) is 12.1 Å². The van der Waals surface area contributed by atoms with Crippen LogP contribution in [0, 0.1) is 0 Å². The van der Waals surface area contributed by atoms with Gasteiger partial charge in [0.05, 0.1) is 7.11 Å². The molecule has 1 aromatic rings. The molecular formula is C17H25NO2. The number of nitrogens with zero attached hydrogens (tertiary/aromatic N) is 1. The molecule has 1 rings (SSSR count). The van der Waals surface area contributed by atoms with Crippen molar-refractivity contribution in [3.63, 3.8) is 0 Å². The first kappa shape index (κ1) is 16.3. The smallest absolute Gasteiger partial charge is 0.249 e. The minimum Gasteiger partial charge on any atom is -0.497 e. The fourth-order valence-corrected chi connectivity index (χ4v) is 2.28. The maximum absolute atomic E-state index is 12.5. The van der Waals surface area contributed by atoms with Gasteiger partial charge in [-0.3, -0.25) is 4.79 Å². The molecule has 1 amide bonds. The van der Waals surface area contributed by atoms with E-state index >= 15 is 0 Å². The Bertz CT molecular complexity index is 464. The van der Waals surface area contributed by atoms with Crippen LogP contribution in [-0.2, 0) is 4.79 Å². The Balaban J connectivity index is 2.93. The summed E-state index contributed by atoms with van der Waals surface area (Å²) in [5, 5.41) is 0. The second kappa shape index (κ2) is 7.13. The second-order valence-corrected chi connectivity index (χ2v) is 5.50. The van der Waals surface area contributed by atoms with Gasteiger partial charge in [-0.2, -0.15) is 0 Å². The van der Waals surface area contributed by atoms with E-state index in [1.807, 2.05) is 69.9 Å². The molecule has 0 heterocycles. The molecule has 0 aliphatic heterocycles. The van der Waals surface area contributed by atoms with Crippen LogP contribution in [0.4, 0.5) is 0 Å². The summed E-state index contributed by atoms with van der Waals surface area (Å²) in [6.07, 6.45) is 1.92. The monoisotopic (exact) mass is 275 g/mol. The van der Waals surface area contributed by atoms with Crippen molar-refractivity contribution in [2.75, 3.05) is 7.11 Å². The predicted molar refractivity (Wildman–Crippen MR) is 83.8 cm³/mol. The van der Waals surface area contributed by atoms with Gasteiger partial charge in [0.25, 0.3) is 0 Å². The number of amides is 1. The summed E-state index contributed by atoms with van der Waals surface area (Å²) in [6, 6.07) is 8.08. The SMILES string of the molecule is COc1ccc(/C=C(/C)C(=O)N(C(C)C)C(C)C)cc1. The summed E-state index contributed by atoms with van der Waals surface area (Å²) >= 11 is 0. The minimum atomic E-state index is 0.0887. The third kappa shape index (κ3) is 4.12. The highest BCUT2D eigenvalue weighted by molar-refractivity contribution is 5.97. The predicted octanol–water partition coefficient (Wildman–Crippen LogP) is 3.74. The highest BCUT2D eigenvalue weighted by Crippen LogP contribution is 2.16. The molecule has 0 N–H and O–H groups in total. The minimum absolute atomic E-state index is 0.0887. The number of carbonyl (C=O) groups is 1. The number of methoxy groups -OCH3 is 1. The zero-order chi connectivity index (χ0) is 15.3. The molecule has 3 nitrogen and oxygen atoms in total. The maximum atomic E-state index is 12.5. The van der Waals surface area contributed by atoms with Crippen LogP contribution in [-0.4, -0.2) is 30.0 Å². The average molecular weight is 275 g/mol. The summed E-state index contributed by atoms with van der Waals surface area (Å²) < 4.78 is 5.13. The number of rotatable bonds is 5. The first-order chi connectivity index (χ1) is 9.36. The van der Waals surface area contributed by atoms with Gasteiger partial charge in [0.1, 0.15) is 5.75 Å². The van der Waals surface area contributed by atoms with Gasteiger partial charge in [0.2, 0.25) is 5.91 Å². The molecule has 0 bridgehead atoms. The molecule has 20 heavy (non-hydrogen) atoms. The van der Waals surface area contributed by atoms with Gasteiger partial charge in [0.15, 0.2) is 0 Å². The first-order valence-corrected chi connectivity index (χ1v) is 7.01. The molecule has 0 aromatic heterocycles. The van der Waals surface area contributed by atoms with Crippen LogP contribution in [0.2, 0.25) is 0 Å². The largest absolute Gasteiger partial charge is 0.497 e. The Hall–Kier alpha value is -1.77. The van der Waals surface area contributed by atoms with Crippen molar-refractivity contribution in [3.8, 4) is 5.75 Å². The van der Waals surface area contributed by atoms with Gasteiger partial charge in [-0.25, -0.2) is 0 Å². The van der Waals surface area contributed by atoms with E-state index in [0.29, 0.717) is 0 Å². The standard InChI is InChI=1S/C17H25NO2/c1-12(2)18(13(3)4)17(19)14(5)11-15-7-9-16(20-6)10-8-15/h7-13H,1-6H3/b14-11-. The Morgan fingerprint density at radius 2 is 1.60 bits per heavy atom. The number of hydrogen-bond acceptors (Lipinski definition) is 2. The summed E-state index contributed by atoms with van der Waals surface area (Å²) in [6.45, 7) is 10.0. The number of ether oxygens (including phenoxy) is 1. The van der Waals surface area contributed by atoms with Gasteiger partial charge >= 0.3 is 0 Å². The van der Waals surface area contributed by atoms with Crippen molar-refractivity contribution in [1.82, 2.24) is 4.90 Å². The van der Waals surface area contributed by atoms with Crippen LogP contribution < -0.4 is 4.74 Å². The zero-order valence-electron chi connectivity index (χ0n) is 13.3. The lowest BCUT2D eigenvalue weighted by molar-refractivity contribution is -0.130. The van der Waals surface area contributed by atoms with Crippen molar-refractivity contribution >= 4 is 12.0 Å². The van der Waals surface area contributed by atoms with E-state index in [9.17, 15) is 4.79 Å². The first-order valence-electron chi connectivity index (χ1n) is 7.01. The van der Waals surface area contributed by atoms with Gasteiger partial charge < -0.3 is 9.64 Å². The van der Waals surface area contributed by atoms with Crippen LogP contribution in [0.5, 0.6) is 5.75 Å². The quantitative estimate of drug-likeness (QED) is 0.766. The van der Waals surface area contributed by atoms with Crippen LogP contribution >= 0.6 is 0 Å². The van der Waals surface area contributed by atoms with E-state index in [0.717, 1.165) is 16.9 Å². The van der Waals surface area contributed by atoms with Crippen molar-refractivity contribution in [1.29, 1.82) is 0 Å². The Morgan fingerprint density at radius 3 is 2.00 bits per heavy atom. The third-order valence-electron chi connectivity index (χ3n) is 3.18. The van der Waals surface area contributed by atoms with Gasteiger partial charge in [0, 0.05) is 17.7 Å². The molecule has 0 aliphatic rings. The van der Waals surface area contributed by atoms with E-state index in [-0.39, 0.29) is 18.0 Å². The van der Waals surface area contributed by atoms with E-state index in [1.54, 1.807) is 7.11 Å². The lowest BCUT2D eigenvalue weighted by atomic mass is 10.1. The third-order valence-corrected chi connectivity index (χ3v) is 3.18. The molecule has 0 fully saturated rings. The number of carbonyl (C=O) groups excluding carboxylic acids is 1. The summed E-state index contributed by atoms with van der Waals surface area (Å²) in [7, 11) is 1.64. The maximum Gasteiger partial charge on any atom is 0.249 e. The molecule has 0 aliphatic carbocycles. The Labute approximate surface area is 122 Å². The second-order valence-electron chi connectivity index (χ2n) is 5.50. The number of hydrogen-bond donors (Lipinski definition) is 0. The fourth-order valence-electron chi connectivity index (χ4n) is 2.28. The van der Waals surface area contributed by atoms with E-state index in [1.165, 1.54) is 0 Å². The molecule has 0 spiro atoms. The molecule has 1 aromatic carbocycles. The summed E-state index contributed by atoms with van der Waals surface area (Å²) in [5.74, 6) is 0.905. The lowest BCUT2D eigenvalue weighted by Gasteiger charge is -2.31. The van der Waals surface area contributed by atoms with Gasteiger partial charge in [-0.05, 0) is 58.4 Å². The van der Waals surface area contributed by atoms with E-state index in [2.05, 4.69) is 0 Å². The van der Waals surface area contributed by atoms with Crippen molar-refractivity contribution in [3.05, 3.63) is 35.4 Å². The highest BCUT2D eigenvalue weighted by Gasteiger charge is 2.20.